The lowest BCUT2D eigenvalue weighted by Crippen LogP contribution is -2.37. The molecule has 0 saturated heterocycles. The van der Waals surface area contributed by atoms with Crippen LogP contribution >= 0.6 is 0 Å². The first kappa shape index (κ1) is 19.1. The average molecular weight is 402 g/mol. The highest BCUT2D eigenvalue weighted by Gasteiger charge is 2.12. The zero-order valence-corrected chi connectivity index (χ0v) is 15.8. The van der Waals surface area contributed by atoms with Crippen molar-refractivity contribution in [1.29, 1.82) is 0 Å². The topological polar surface area (TPSA) is 122 Å². The van der Waals surface area contributed by atoms with Gasteiger partial charge in [0.2, 0.25) is 5.91 Å². The quantitative estimate of drug-likeness (QED) is 0.447. The minimum Gasteiger partial charge on any atom is -0.347 e. The monoisotopic (exact) mass is 402 g/mol. The number of aromatic amines is 1. The molecule has 2 amide bonds. The second-order valence-corrected chi connectivity index (χ2v) is 6.47. The van der Waals surface area contributed by atoms with Crippen LogP contribution in [0.2, 0.25) is 0 Å². The van der Waals surface area contributed by atoms with E-state index in [0.717, 1.165) is 5.69 Å². The smallest absolute Gasteiger partial charge is 0.262 e. The fraction of sp³-hybridized carbons (Fsp3) is 0.0952. The summed E-state index contributed by atoms with van der Waals surface area (Å²) in [6, 6.07) is 17.9. The molecule has 2 aromatic heterocycles. The fourth-order valence-electron chi connectivity index (χ4n) is 2.90. The lowest BCUT2D eigenvalue weighted by Gasteiger charge is -2.07. The van der Waals surface area contributed by atoms with Gasteiger partial charge in [-0.1, -0.05) is 36.4 Å². The third kappa shape index (κ3) is 4.09. The maximum atomic E-state index is 12.3. The van der Waals surface area contributed by atoms with E-state index in [-0.39, 0.29) is 30.4 Å². The Morgan fingerprint density at radius 2 is 1.67 bits per heavy atom. The van der Waals surface area contributed by atoms with Crippen LogP contribution in [0.25, 0.3) is 16.7 Å². The van der Waals surface area contributed by atoms with Gasteiger partial charge in [0, 0.05) is 5.56 Å². The zero-order chi connectivity index (χ0) is 20.9. The SMILES string of the molecule is O=C(CNC(=O)c1ccccc1)NCc1nc2c(cnn2-c2ccccc2)c(=O)[nH]1. The van der Waals surface area contributed by atoms with Gasteiger partial charge in [0.15, 0.2) is 5.65 Å². The predicted molar refractivity (Wildman–Crippen MR) is 110 cm³/mol. The predicted octanol–water partition coefficient (Wildman–Crippen LogP) is 1.15. The number of amides is 2. The first-order valence-corrected chi connectivity index (χ1v) is 9.24. The molecule has 2 heterocycles. The Labute approximate surface area is 170 Å². The van der Waals surface area contributed by atoms with Gasteiger partial charge >= 0.3 is 0 Å². The lowest BCUT2D eigenvalue weighted by atomic mass is 10.2. The van der Waals surface area contributed by atoms with E-state index >= 15 is 0 Å². The summed E-state index contributed by atoms with van der Waals surface area (Å²) in [5.41, 5.74) is 1.29. The number of para-hydroxylation sites is 1. The number of nitrogens with zero attached hydrogens (tertiary/aromatic N) is 3. The van der Waals surface area contributed by atoms with Crippen LogP contribution in [0.1, 0.15) is 16.2 Å². The molecule has 0 unspecified atom stereocenters. The molecule has 0 saturated carbocycles. The fourth-order valence-corrected chi connectivity index (χ4v) is 2.90. The summed E-state index contributed by atoms with van der Waals surface area (Å²) in [7, 11) is 0. The molecule has 9 nitrogen and oxygen atoms in total. The number of H-pyrrole nitrogens is 1. The second-order valence-electron chi connectivity index (χ2n) is 6.47. The van der Waals surface area contributed by atoms with Crippen LogP contribution in [0.4, 0.5) is 0 Å². The van der Waals surface area contributed by atoms with E-state index in [0.29, 0.717) is 16.6 Å². The summed E-state index contributed by atoms with van der Waals surface area (Å²) in [6.07, 6.45) is 1.45. The van der Waals surface area contributed by atoms with Crippen molar-refractivity contribution in [2.24, 2.45) is 0 Å². The minimum atomic E-state index is -0.404. The lowest BCUT2D eigenvalue weighted by molar-refractivity contribution is -0.120. The summed E-state index contributed by atoms with van der Waals surface area (Å²) in [6.45, 7) is -0.187. The van der Waals surface area contributed by atoms with Crippen LogP contribution < -0.4 is 16.2 Å². The van der Waals surface area contributed by atoms with E-state index in [1.807, 2.05) is 30.3 Å². The average Bonchev–Trinajstić information content (AvgIpc) is 3.22. The van der Waals surface area contributed by atoms with Crippen LogP contribution in [0, 0.1) is 0 Å². The zero-order valence-electron chi connectivity index (χ0n) is 15.8. The van der Waals surface area contributed by atoms with Gasteiger partial charge in [-0.25, -0.2) is 9.67 Å². The van der Waals surface area contributed by atoms with Gasteiger partial charge in [0.25, 0.3) is 11.5 Å². The van der Waals surface area contributed by atoms with Crippen molar-refractivity contribution in [3.05, 3.63) is 88.6 Å². The van der Waals surface area contributed by atoms with Gasteiger partial charge in [0.1, 0.15) is 11.2 Å². The third-order valence-corrected chi connectivity index (χ3v) is 4.39. The van der Waals surface area contributed by atoms with Crippen LogP contribution in [0.15, 0.2) is 71.7 Å². The number of rotatable bonds is 6. The number of benzene rings is 2. The summed E-state index contributed by atoms with van der Waals surface area (Å²) in [5, 5.41) is 9.77. The Hall–Kier alpha value is -4.27. The number of aromatic nitrogens is 4. The van der Waals surface area contributed by atoms with E-state index in [4.69, 9.17) is 0 Å². The first-order chi connectivity index (χ1) is 14.6. The molecule has 30 heavy (non-hydrogen) atoms. The molecule has 0 spiro atoms. The van der Waals surface area contributed by atoms with Gasteiger partial charge in [-0.15, -0.1) is 0 Å². The standard InChI is InChI=1S/C21H18N6O3/c28-18(13-23-20(29)14-7-3-1-4-8-14)22-12-17-25-19-16(21(30)26-17)11-24-27(19)15-9-5-2-6-10-15/h1-11H,12-13H2,(H,22,28)(H,23,29)(H,25,26,30). The Kier molecular flexibility index (Phi) is 5.33. The van der Waals surface area contributed by atoms with Crippen molar-refractivity contribution in [2.45, 2.75) is 6.54 Å². The largest absolute Gasteiger partial charge is 0.347 e. The molecule has 0 fully saturated rings. The number of carbonyl (C=O) groups excluding carboxylic acids is 2. The summed E-state index contributed by atoms with van der Waals surface area (Å²) in [5.74, 6) is -0.461. The van der Waals surface area contributed by atoms with Crippen molar-refractivity contribution in [3.8, 4) is 5.69 Å². The molecule has 0 atom stereocenters. The molecule has 0 aliphatic carbocycles. The molecular weight excluding hydrogens is 384 g/mol. The van der Waals surface area contributed by atoms with E-state index < -0.39 is 5.91 Å². The molecule has 9 heteroatoms. The van der Waals surface area contributed by atoms with E-state index in [1.54, 1.807) is 35.0 Å². The van der Waals surface area contributed by atoms with Crippen molar-refractivity contribution in [2.75, 3.05) is 6.54 Å². The summed E-state index contributed by atoms with van der Waals surface area (Å²) in [4.78, 5) is 43.5. The molecule has 4 aromatic rings. The summed E-state index contributed by atoms with van der Waals surface area (Å²) < 4.78 is 1.57. The van der Waals surface area contributed by atoms with Crippen molar-refractivity contribution < 1.29 is 9.59 Å². The Balaban J connectivity index is 1.43. The van der Waals surface area contributed by atoms with Crippen molar-refractivity contribution >= 4 is 22.8 Å². The van der Waals surface area contributed by atoms with Gasteiger partial charge in [-0.3, -0.25) is 14.4 Å². The van der Waals surface area contributed by atoms with Gasteiger partial charge in [0.05, 0.1) is 25.0 Å². The highest BCUT2D eigenvalue weighted by molar-refractivity contribution is 5.96. The highest BCUT2D eigenvalue weighted by Crippen LogP contribution is 2.13. The molecule has 0 radical (unpaired) electrons. The number of nitrogens with one attached hydrogen (secondary N) is 3. The van der Waals surface area contributed by atoms with Gasteiger partial charge in [-0.2, -0.15) is 5.10 Å². The molecule has 0 aliphatic heterocycles. The Bertz CT molecular complexity index is 1250. The van der Waals surface area contributed by atoms with E-state index in [1.165, 1.54) is 6.20 Å². The van der Waals surface area contributed by atoms with E-state index in [9.17, 15) is 14.4 Å². The van der Waals surface area contributed by atoms with Crippen LogP contribution in [0.5, 0.6) is 0 Å². The molecule has 0 aliphatic rings. The van der Waals surface area contributed by atoms with Crippen LogP contribution in [-0.2, 0) is 11.3 Å². The molecule has 4 rings (SSSR count). The molecular formula is C21H18N6O3. The maximum absolute atomic E-state index is 12.3. The van der Waals surface area contributed by atoms with Crippen LogP contribution in [0.3, 0.4) is 0 Å². The third-order valence-electron chi connectivity index (χ3n) is 4.39. The molecule has 3 N–H and O–H groups in total. The summed E-state index contributed by atoms with van der Waals surface area (Å²) >= 11 is 0. The van der Waals surface area contributed by atoms with Gasteiger partial charge < -0.3 is 15.6 Å². The number of hydrogen-bond donors (Lipinski definition) is 3. The second kappa shape index (κ2) is 8.39. The number of hydrogen-bond acceptors (Lipinski definition) is 5. The normalized spacial score (nSPS) is 10.7. The Morgan fingerprint density at radius 3 is 2.40 bits per heavy atom. The minimum absolute atomic E-state index is 0.00515. The molecule has 0 bridgehead atoms. The highest BCUT2D eigenvalue weighted by atomic mass is 16.2. The van der Waals surface area contributed by atoms with Crippen molar-refractivity contribution in [3.63, 3.8) is 0 Å². The van der Waals surface area contributed by atoms with E-state index in [2.05, 4.69) is 25.7 Å². The maximum Gasteiger partial charge on any atom is 0.262 e. The van der Waals surface area contributed by atoms with Crippen molar-refractivity contribution in [1.82, 2.24) is 30.4 Å². The first-order valence-electron chi connectivity index (χ1n) is 9.24. The van der Waals surface area contributed by atoms with Crippen LogP contribution in [-0.4, -0.2) is 38.1 Å². The number of carbonyl (C=O) groups is 2. The van der Waals surface area contributed by atoms with Gasteiger partial charge in [-0.05, 0) is 24.3 Å². The molecule has 150 valence electrons. The Morgan fingerprint density at radius 1 is 0.967 bits per heavy atom. The molecule has 2 aromatic carbocycles. The number of fused-ring (bicyclic) bond motifs is 1.